The summed E-state index contributed by atoms with van der Waals surface area (Å²) in [6.07, 6.45) is 0.781. The Labute approximate surface area is 117 Å². The summed E-state index contributed by atoms with van der Waals surface area (Å²) in [5.74, 6) is 0. The van der Waals surface area contributed by atoms with Crippen LogP contribution in [0.1, 0.15) is 12.0 Å². The number of likely N-dealkylation sites (N-methyl/N-ethyl adjacent to an activating group) is 1. The molecule has 1 aromatic carbocycles. The molecule has 1 N–H and O–H groups in total. The molecule has 102 valence electrons. The molecule has 19 heavy (non-hydrogen) atoms. The molecule has 1 fully saturated rings. The number of nitrogens with zero attached hydrogens (tertiary/aromatic N) is 2. The zero-order valence-corrected chi connectivity index (χ0v) is 12.0. The minimum atomic E-state index is -3.64. The standard InChI is InChI=1S/C12H14ClN3O2S/c1-16-5-4-10(8-16)15-19(17,18)12-3-2-9(7-14)6-11(12)13/h2-3,6,10,15H,4-5,8H2,1H3. The number of rotatable bonds is 3. The Bertz CT molecular complexity index is 624. The van der Waals surface area contributed by atoms with Gasteiger partial charge in [-0.3, -0.25) is 0 Å². The number of nitrogens with one attached hydrogen (secondary N) is 1. The van der Waals surface area contributed by atoms with Crippen molar-refractivity contribution in [1.29, 1.82) is 5.26 Å². The van der Waals surface area contributed by atoms with Crippen molar-refractivity contribution in [1.82, 2.24) is 9.62 Å². The van der Waals surface area contributed by atoms with Crippen LogP contribution < -0.4 is 4.72 Å². The summed E-state index contributed by atoms with van der Waals surface area (Å²) < 4.78 is 27.1. The Morgan fingerprint density at radius 1 is 1.53 bits per heavy atom. The molecule has 5 nitrogen and oxygen atoms in total. The van der Waals surface area contributed by atoms with E-state index in [1.165, 1.54) is 18.2 Å². The molecule has 1 heterocycles. The van der Waals surface area contributed by atoms with E-state index < -0.39 is 10.0 Å². The molecule has 2 rings (SSSR count). The molecule has 0 amide bonds. The molecular weight excluding hydrogens is 286 g/mol. The first-order chi connectivity index (χ1) is 8.92. The number of halogens is 1. The third-order valence-electron chi connectivity index (χ3n) is 3.06. The van der Waals surface area contributed by atoms with Crippen LogP contribution in [-0.2, 0) is 10.0 Å². The Morgan fingerprint density at radius 2 is 2.26 bits per heavy atom. The average Bonchev–Trinajstić information content (AvgIpc) is 2.73. The van der Waals surface area contributed by atoms with E-state index in [1.54, 1.807) is 0 Å². The van der Waals surface area contributed by atoms with Gasteiger partial charge in [-0.2, -0.15) is 5.26 Å². The minimum Gasteiger partial charge on any atom is -0.305 e. The van der Waals surface area contributed by atoms with Crippen LogP contribution in [0, 0.1) is 11.3 Å². The largest absolute Gasteiger partial charge is 0.305 e. The van der Waals surface area contributed by atoms with E-state index >= 15 is 0 Å². The van der Waals surface area contributed by atoms with Gasteiger partial charge in [-0.15, -0.1) is 0 Å². The number of hydrogen-bond acceptors (Lipinski definition) is 4. The van der Waals surface area contributed by atoms with E-state index in [1.807, 2.05) is 13.1 Å². The predicted octanol–water partition coefficient (Wildman–Crippen LogP) is 1.19. The SMILES string of the molecule is CN1CCC(NS(=O)(=O)c2ccc(C#N)cc2Cl)C1. The van der Waals surface area contributed by atoms with Crippen LogP contribution >= 0.6 is 11.6 Å². The summed E-state index contributed by atoms with van der Waals surface area (Å²) in [5, 5.41) is 8.80. The summed E-state index contributed by atoms with van der Waals surface area (Å²) in [6.45, 7) is 1.56. The van der Waals surface area contributed by atoms with Crippen LogP contribution in [0.15, 0.2) is 23.1 Å². The van der Waals surface area contributed by atoms with Gasteiger partial charge in [0.05, 0.1) is 16.7 Å². The van der Waals surface area contributed by atoms with Gasteiger partial charge in [0.15, 0.2) is 0 Å². The fraction of sp³-hybridized carbons (Fsp3) is 0.417. The molecule has 0 bridgehead atoms. The summed E-state index contributed by atoms with van der Waals surface area (Å²) in [5.41, 5.74) is 0.338. The number of hydrogen-bond donors (Lipinski definition) is 1. The van der Waals surface area contributed by atoms with E-state index in [4.69, 9.17) is 16.9 Å². The molecule has 0 aromatic heterocycles. The maximum Gasteiger partial charge on any atom is 0.242 e. The zero-order valence-electron chi connectivity index (χ0n) is 10.4. The van der Waals surface area contributed by atoms with Crippen molar-refractivity contribution in [2.24, 2.45) is 0 Å². The molecule has 1 unspecified atom stereocenters. The Kier molecular flexibility index (Phi) is 4.11. The monoisotopic (exact) mass is 299 g/mol. The van der Waals surface area contributed by atoms with Gasteiger partial charge in [0.25, 0.3) is 0 Å². The van der Waals surface area contributed by atoms with E-state index in [9.17, 15) is 8.42 Å². The first kappa shape index (κ1) is 14.3. The Balaban J connectivity index is 2.23. The molecule has 0 aliphatic carbocycles. The van der Waals surface area contributed by atoms with Crippen molar-refractivity contribution in [2.45, 2.75) is 17.4 Å². The highest BCUT2D eigenvalue weighted by atomic mass is 35.5. The first-order valence-corrected chi connectivity index (χ1v) is 7.69. The second kappa shape index (κ2) is 5.47. The Hall–Kier alpha value is -1.13. The average molecular weight is 300 g/mol. The summed E-state index contributed by atoms with van der Waals surface area (Å²) in [6, 6.07) is 5.99. The molecule has 0 saturated carbocycles. The Morgan fingerprint density at radius 3 is 2.79 bits per heavy atom. The highest BCUT2D eigenvalue weighted by molar-refractivity contribution is 7.89. The summed E-state index contributed by atoms with van der Waals surface area (Å²) in [7, 11) is -1.69. The highest BCUT2D eigenvalue weighted by Gasteiger charge is 2.26. The lowest BCUT2D eigenvalue weighted by molar-refractivity contribution is 0.407. The molecule has 1 aliphatic heterocycles. The van der Waals surface area contributed by atoms with Crippen molar-refractivity contribution in [2.75, 3.05) is 20.1 Å². The van der Waals surface area contributed by atoms with Gasteiger partial charge in [-0.25, -0.2) is 13.1 Å². The van der Waals surface area contributed by atoms with Gasteiger partial charge in [0, 0.05) is 12.6 Å². The normalized spacial score (nSPS) is 20.4. The van der Waals surface area contributed by atoms with Gasteiger partial charge >= 0.3 is 0 Å². The lowest BCUT2D eigenvalue weighted by atomic mass is 10.2. The van der Waals surface area contributed by atoms with Crippen LogP contribution in [-0.4, -0.2) is 39.5 Å². The van der Waals surface area contributed by atoms with Gasteiger partial charge in [0.2, 0.25) is 10.0 Å². The van der Waals surface area contributed by atoms with Crippen LogP contribution in [0.5, 0.6) is 0 Å². The third kappa shape index (κ3) is 3.25. The number of benzene rings is 1. The van der Waals surface area contributed by atoms with Crippen LogP contribution in [0.3, 0.4) is 0 Å². The van der Waals surface area contributed by atoms with Crippen molar-refractivity contribution < 1.29 is 8.42 Å². The fourth-order valence-corrected chi connectivity index (χ4v) is 3.91. The first-order valence-electron chi connectivity index (χ1n) is 5.83. The fourth-order valence-electron chi connectivity index (χ4n) is 2.10. The maximum atomic E-state index is 12.2. The molecule has 1 saturated heterocycles. The smallest absolute Gasteiger partial charge is 0.242 e. The molecule has 1 aliphatic rings. The van der Waals surface area contributed by atoms with Crippen LogP contribution in [0.2, 0.25) is 5.02 Å². The lowest BCUT2D eigenvalue weighted by Crippen LogP contribution is -2.36. The molecular formula is C12H14ClN3O2S. The predicted molar refractivity (Wildman–Crippen MR) is 72.4 cm³/mol. The van der Waals surface area contributed by atoms with E-state index in [0.717, 1.165) is 13.0 Å². The lowest BCUT2D eigenvalue weighted by Gasteiger charge is -2.14. The topological polar surface area (TPSA) is 73.2 Å². The van der Waals surface area contributed by atoms with E-state index in [2.05, 4.69) is 9.62 Å². The van der Waals surface area contributed by atoms with Crippen LogP contribution in [0.25, 0.3) is 0 Å². The molecule has 1 atom stereocenters. The highest BCUT2D eigenvalue weighted by Crippen LogP contribution is 2.23. The summed E-state index contributed by atoms with van der Waals surface area (Å²) >= 11 is 5.93. The van der Waals surface area contributed by atoms with Gasteiger partial charge in [-0.1, -0.05) is 11.6 Å². The number of sulfonamides is 1. The molecule has 0 spiro atoms. The van der Waals surface area contributed by atoms with Gasteiger partial charge in [0.1, 0.15) is 4.90 Å². The molecule has 7 heteroatoms. The third-order valence-corrected chi connectivity index (χ3v) is 5.07. The number of likely N-dealkylation sites (tertiary alicyclic amines) is 1. The minimum absolute atomic E-state index is 0.0164. The maximum absolute atomic E-state index is 12.2. The van der Waals surface area contributed by atoms with Crippen molar-refractivity contribution in [3.8, 4) is 6.07 Å². The van der Waals surface area contributed by atoms with Crippen LogP contribution in [0.4, 0.5) is 0 Å². The number of nitriles is 1. The molecule has 0 radical (unpaired) electrons. The molecule has 1 aromatic rings. The quantitative estimate of drug-likeness (QED) is 0.910. The van der Waals surface area contributed by atoms with Crippen molar-refractivity contribution in [3.05, 3.63) is 28.8 Å². The van der Waals surface area contributed by atoms with E-state index in [-0.39, 0.29) is 16.0 Å². The van der Waals surface area contributed by atoms with Gasteiger partial charge < -0.3 is 4.90 Å². The zero-order chi connectivity index (χ0) is 14.0. The summed E-state index contributed by atoms with van der Waals surface area (Å²) in [4.78, 5) is 2.08. The second-order valence-electron chi connectivity index (χ2n) is 4.63. The second-order valence-corrected chi connectivity index (χ2v) is 6.72. The van der Waals surface area contributed by atoms with Crippen molar-refractivity contribution >= 4 is 21.6 Å². The van der Waals surface area contributed by atoms with E-state index in [0.29, 0.717) is 12.1 Å². The van der Waals surface area contributed by atoms with Crippen molar-refractivity contribution in [3.63, 3.8) is 0 Å². The van der Waals surface area contributed by atoms with Gasteiger partial charge in [-0.05, 0) is 38.2 Å².